The molecular formula is C25H23BN4O. The van der Waals surface area contributed by atoms with Gasteiger partial charge in [-0.05, 0) is 50.2 Å². The van der Waals surface area contributed by atoms with Crippen molar-refractivity contribution in [2.45, 2.75) is 26.8 Å². The van der Waals surface area contributed by atoms with Gasteiger partial charge >= 0.3 is 6.85 Å². The van der Waals surface area contributed by atoms with E-state index >= 15 is 0 Å². The zero-order valence-electron chi connectivity index (χ0n) is 17.9. The Morgan fingerprint density at radius 3 is 2.48 bits per heavy atom. The highest BCUT2D eigenvalue weighted by atomic mass is 16.3. The van der Waals surface area contributed by atoms with E-state index < -0.39 is 0 Å². The summed E-state index contributed by atoms with van der Waals surface area (Å²) >= 11 is 0. The Kier molecular flexibility index (Phi) is 3.90. The maximum Gasteiger partial charge on any atom is 0.304 e. The van der Waals surface area contributed by atoms with Crippen molar-refractivity contribution in [3.05, 3.63) is 83.1 Å². The van der Waals surface area contributed by atoms with Gasteiger partial charge in [0, 0.05) is 22.0 Å². The van der Waals surface area contributed by atoms with Crippen molar-refractivity contribution in [2.24, 2.45) is 0 Å². The number of para-hydroxylation sites is 3. The highest BCUT2D eigenvalue weighted by Crippen LogP contribution is 2.44. The third kappa shape index (κ3) is 2.68. The lowest BCUT2D eigenvalue weighted by Crippen LogP contribution is -2.55. The van der Waals surface area contributed by atoms with Gasteiger partial charge in [-0.3, -0.25) is 5.01 Å². The lowest BCUT2D eigenvalue weighted by atomic mass is 9.63. The zero-order chi connectivity index (χ0) is 21.1. The SMILES string of the molecule is CB1C=c2c(oc3nc(C)ccc23)=CN1N1c2ccccc2N(c2ccccc2)[C@@H]1C. The van der Waals surface area contributed by atoms with Gasteiger partial charge < -0.3 is 14.2 Å². The highest BCUT2D eigenvalue weighted by molar-refractivity contribution is 6.70. The number of hydrazine groups is 1. The number of aromatic nitrogens is 1. The van der Waals surface area contributed by atoms with Crippen LogP contribution in [0.4, 0.5) is 17.1 Å². The molecule has 4 aromatic rings. The van der Waals surface area contributed by atoms with Crippen LogP contribution in [0, 0.1) is 6.92 Å². The van der Waals surface area contributed by atoms with Crippen LogP contribution in [0.5, 0.6) is 0 Å². The first-order chi connectivity index (χ1) is 15.1. The third-order valence-corrected chi connectivity index (χ3v) is 6.24. The number of fused-ring (bicyclic) bond motifs is 4. The van der Waals surface area contributed by atoms with Gasteiger partial charge in [0.25, 0.3) is 0 Å². The molecule has 0 fully saturated rings. The van der Waals surface area contributed by atoms with Gasteiger partial charge in [0.15, 0.2) is 5.42 Å². The minimum atomic E-state index is 0.109. The Labute approximate surface area is 181 Å². The lowest BCUT2D eigenvalue weighted by molar-refractivity contribution is 0.482. The quantitative estimate of drug-likeness (QED) is 0.470. The van der Waals surface area contributed by atoms with Gasteiger partial charge in [-0.25, -0.2) is 4.98 Å². The summed E-state index contributed by atoms with van der Waals surface area (Å²) in [6.45, 7) is 6.62. The van der Waals surface area contributed by atoms with Crippen molar-refractivity contribution >= 4 is 47.2 Å². The van der Waals surface area contributed by atoms with Crippen LogP contribution in [-0.4, -0.2) is 22.9 Å². The summed E-state index contributed by atoms with van der Waals surface area (Å²) in [5.41, 5.74) is 6.09. The molecule has 4 heterocycles. The maximum absolute atomic E-state index is 6.16. The van der Waals surface area contributed by atoms with E-state index in [4.69, 9.17) is 4.42 Å². The Bertz CT molecular complexity index is 1410. The van der Waals surface area contributed by atoms with Gasteiger partial charge in [-0.1, -0.05) is 43.1 Å². The molecule has 0 N–H and O–H groups in total. The minimum absolute atomic E-state index is 0.109. The molecule has 2 aromatic heterocycles. The van der Waals surface area contributed by atoms with E-state index in [-0.39, 0.29) is 13.0 Å². The van der Waals surface area contributed by atoms with Gasteiger partial charge in [0.1, 0.15) is 6.17 Å². The summed E-state index contributed by atoms with van der Waals surface area (Å²) in [5.74, 6) is 2.28. The van der Waals surface area contributed by atoms with Crippen molar-refractivity contribution in [1.29, 1.82) is 0 Å². The molecule has 0 saturated heterocycles. The number of hydrogen-bond donors (Lipinski definition) is 0. The summed E-state index contributed by atoms with van der Waals surface area (Å²) in [6.07, 6.45) is 2.23. The van der Waals surface area contributed by atoms with Crippen LogP contribution in [0.15, 0.2) is 71.1 Å². The van der Waals surface area contributed by atoms with Crippen LogP contribution < -0.4 is 20.5 Å². The molecule has 152 valence electrons. The van der Waals surface area contributed by atoms with E-state index in [1.165, 1.54) is 17.1 Å². The third-order valence-electron chi connectivity index (χ3n) is 6.24. The number of hydrogen-bond acceptors (Lipinski definition) is 5. The van der Waals surface area contributed by atoms with Crippen LogP contribution in [0.2, 0.25) is 6.82 Å². The molecule has 5 nitrogen and oxygen atoms in total. The molecule has 0 amide bonds. The highest BCUT2D eigenvalue weighted by Gasteiger charge is 2.38. The molecule has 0 saturated carbocycles. The predicted octanol–water partition coefficient (Wildman–Crippen LogP) is 4.05. The number of benzene rings is 2. The van der Waals surface area contributed by atoms with Crippen molar-refractivity contribution in [3.8, 4) is 0 Å². The summed E-state index contributed by atoms with van der Waals surface area (Å²) in [6, 6.07) is 23.3. The van der Waals surface area contributed by atoms with Gasteiger partial charge in [-0.15, -0.1) is 0 Å². The number of pyridine rings is 1. The average Bonchev–Trinajstić information content (AvgIpc) is 3.27. The molecule has 0 radical (unpaired) electrons. The largest absolute Gasteiger partial charge is 0.436 e. The summed E-state index contributed by atoms with van der Waals surface area (Å²) in [4.78, 5) is 9.25. The van der Waals surface area contributed by atoms with E-state index in [0.717, 1.165) is 21.7 Å². The molecule has 2 aromatic carbocycles. The molecule has 1 atom stereocenters. The predicted molar refractivity (Wildman–Crippen MR) is 127 cm³/mol. The Balaban J connectivity index is 1.50. The Hall–Kier alpha value is -3.67. The monoisotopic (exact) mass is 406 g/mol. The van der Waals surface area contributed by atoms with Gasteiger partial charge in [0.2, 0.25) is 5.71 Å². The van der Waals surface area contributed by atoms with Gasteiger partial charge in [-0.2, -0.15) is 0 Å². The molecule has 31 heavy (non-hydrogen) atoms. The minimum Gasteiger partial charge on any atom is -0.436 e. The first kappa shape index (κ1) is 18.1. The smallest absolute Gasteiger partial charge is 0.304 e. The molecule has 0 bridgehead atoms. The number of rotatable bonds is 2. The fourth-order valence-electron chi connectivity index (χ4n) is 4.82. The first-order valence-corrected chi connectivity index (χ1v) is 10.7. The number of anilines is 3. The number of nitrogens with zero attached hydrogens (tertiary/aromatic N) is 4. The molecule has 6 rings (SSSR count). The Morgan fingerprint density at radius 1 is 0.935 bits per heavy atom. The van der Waals surface area contributed by atoms with Crippen LogP contribution >= 0.6 is 0 Å². The summed E-state index contributed by atoms with van der Waals surface area (Å²) in [7, 11) is 0. The second-order valence-electron chi connectivity index (χ2n) is 8.27. The molecule has 6 heteroatoms. The van der Waals surface area contributed by atoms with Crippen LogP contribution in [0.25, 0.3) is 23.3 Å². The van der Waals surface area contributed by atoms with E-state index in [9.17, 15) is 0 Å². The van der Waals surface area contributed by atoms with Crippen molar-refractivity contribution < 1.29 is 4.42 Å². The van der Waals surface area contributed by atoms with E-state index in [1.54, 1.807) is 0 Å². The summed E-state index contributed by atoms with van der Waals surface area (Å²) in [5, 5.41) is 4.56. The van der Waals surface area contributed by atoms with Crippen LogP contribution in [0.1, 0.15) is 12.6 Å². The topological polar surface area (TPSA) is 35.8 Å². The molecule has 0 unspecified atom stereocenters. The normalized spacial score (nSPS) is 17.5. The average molecular weight is 406 g/mol. The Morgan fingerprint density at radius 2 is 1.68 bits per heavy atom. The fourth-order valence-corrected chi connectivity index (χ4v) is 4.82. The number of aryl methyl sites for hydroxylation is 1. The van der Waals surface area contributed by atoms with E-state index in [2.05, 4.69) is 106 Å². The molecular weight excluding hydrogens is 383 g/mol. The molecule has 2 aliphatic rings. The van der Waals surface area contributed by atoms with E-state index in [0.29, 0.717) is 5.71 Å². The standard InChI is InChI=1S/C25H23BN4O/c1-17-13-14-20-21-15-26(3)28(16-24(21)31-25(20)27-17)30-18(2)29(19-9-5-4-6-10-19)22-11-7-8-12-23(22)30/h4-16,18H,1-3H3/t18-/m0/s1. The first-order valence-electron chi connectivity index (χ1n) is 10.7. The van der Waals surface area contributed by atoms with E-state index in [1.807, 2.05) is 13.0 Å². The fraction of sp³-hybridized carbons (Fsp3) is 0.160. The van der Waals surface area contributed by atoms with Crippen LogP contribution in [0.3, 0.4) is 0 Å². The van der Waals surface area contributed by atoms with Crippen molar-refractivity contribution in [1.82, 2.24) is 9.90 Å². The molecule has 2 aliphatic heterocycles. The van der Waals surface area contributed by atoms with Crippen LogP contribution in [-0.2, 0) is 0 Å². The maximum atomic E-state index is 6.16. The lowest BCUT2D eigenvalue weighted by Gasteiger charge is -2.40. The molecule has 0 aliphatic carbocycles. The second-order valence-corrected chi connectivity index (χ2v) is 8.27. The zero-order valence-corrected chi connectivity index (χ0v) is 17.9. The van der Waals surface area contributed by atoms with Gasteiger partial charge in [0.05, 0.1) is 17.6 Å². The second kappa shape index (κ2) is 6.67. The molecule has 0 spiro atoms. The van der Waals surface area contributed by atoms with Crippen molar-refractivity contribution in [2.75, 3.05) is 9.91 Å². The summed E-state index contributed by atoms with van der Waals surface area (Å²) < 4.78 is 6.16. The number of furan rings is 1. The van der Waals surface area contributed by atoms with Crippen molar-refractivity contribution in [3.63, 3.8) is 0 Å².